The van der Waals surface area contributed by atoms with E-state index in [-0.39, 0.29) is 17.3 Å². The molecule has 2 aromatic carbocycles. The van der Waals surface area contributed by atoms with Gasteiger partial charge in [0.1, 0.15) is 0 Å². The van der Waals surface area contributed by atoms with Gasteiger partial charge in [-0.2, -0.15) is 0 Å². The van der Waals surface area contributed by atoms with Gasteiger partial charge in [-0.05, 0) is 23.3 Å². The van der Waals surface area contributed by atoms with Crippen molar-refractivity contribution in [1.29, 1.82) is 0 Å². The summed E-state index contributed by atoms with van der Waals surface area (Å²) < 4.78 is 5.08. The third-order valence-corrected chi connectivity index (χ3v) is 5.25. The lowest BCUT2D eigenvalue weighted by molar-refractivity contribution is -0.146. The van der Waals surface area contributed by atoms with Crippen LogP contribution in [0, 0.1) is 5.92 Å². The number of likely N-dealkylation sites (tertiary alicyclic amines) is 1. The molecule has 3 rings (SSSR count). The maximum Gasteiger partial charge on any atom is 0.310 e. The first-order chi connectivity index (χ1) is 11.5. The highest BCUT2D eigenvalue weighted by atomic mass is 35.5. The Morgan fingerprint density at radius 1 is 1.21 bits per heavy atom. The number of hydrogen-bond acceptors (Lipinski definition) is 3. The minimum atomic E-state index is -0.285. The normalized spacial score (nSPS) is 24.0. The highest BCUT2D eigenvalue weighted by Gasteiger charge is 2.48. The van der Waals surface area contributed by atoms with Crippen LogP contribution in [-0.4, -0.2) is 31.1 Å². The molecule has 1 aliphatic rings. The van der Waals surface area contributed by atoms with E-state index in [2.05, 4.69) is 24.0 Å². The van der Waals surface area contributed by atoms with Gasteiger partial charge in [-0.25, -0.2) is 0 Å². The van der Waals surface area contributed by atoms with E-state index in [1.54, 1.807) is 0 Å². The second-order valence-electron chi connectivity index (χ2n) is 6.66. The molecule has 3 nitrogen and oxygen atoms in total. The third-order valence-electron chi connectivity index (χ3n) is 5.00. The molecule has 126 valence electrons. The van der Waals surface area contributed by atoms with Crippen molar-refractivity contribution in [1.82, 2.24) is 4.90 Å². The van der Waals surface area contributed by atoms with Crippen molar-refractivity contribution in [3.63, 3.8) is 0 Å². The topological polar surface area (TPSA) is 29.5 Å². The quantitative estimate of drug-likeness (QED) is 0.788. The van der Waals surface area contributed by atoms with Crippen molar-refractivity contribution in [3.05, 3.63) is 70.7 Å². The van der Waals surface area contributed by atoms with Crippen LogP contribution in [0.15, 0.2) is 54.6 Å². The largest absolute Gasteiger partial charge is 0.469 e. The molecule has 2 atom stereocenters. The molecule has 0 N–H and O–H groups in total. The lowest BCUT2D eigenvalue weighted by Gasteiger charge is -2.29. The molecule has 1 unspecified atom stereocenters. The van der Waals surface area contributed by atoms with E-state index in [1.165, 1.54) is 12.7 Å². The van der Waals surface area contributed by atoms with Gasteiger partial charge in [0.2, 0.25) is 0 Å². The average Bonchev–Trinajstić information content (AvgIpc) is 2.93. The molecule has 0 saturated carbocycles. The first kappa shape index (κ1) is 17.0. The van der Waals surface area contributed by atoms with Crippen LogP contribution in [0.3, 0.4) is 0 Å². The average molecular weight is 344 g/mol. The number of carbonyl (C=O) groups excluding carboxylic acids is 1. The highest BCUT2D eigenvalue weighted by Crippen LogP contribution is 2.40. The van der Waals surface area contributed by atoms with Gasteiger partial charge in [0.05, 0.1) is 13.0 Å². The van der Waals surface area contributed by atoms with Crippen molar-refractivity contribution in [2.75, 3.05) is 20.2 Å². The summed E-state index contributed by atoms with van der Waals surface area (Å²) >= 11 is 6.02. The Labute approximate surface area is 148 Å². The van der Waals surface area contributed by atoms with Crippen LogP contribution in [0.1, 0.15) is 18.1 Å². The summed E-state index contributed by atoms with van der Waals surface area (Å²) in [5, 5.41) is 0.705. The van der Waals surface area contributed by atoms with Crippen LogP contribution in [0.4, 0.5) is 0 Å². The van der Waals surface area contributed by atoms with E-state index in [9.17, 15) is 4.79 Å². The van der Waals surface area contributed by atoms with Crippen LogP contribution in [0.25, 0.3) is 0 Å². The van der Waals surface area contributed by atoms with E-state index < -0.39 is 0 Å². The number of ether oxygens (including phenoxy) is 1. The Kier molecular flexibility index (Phi) is 4.93. The second-order valence-corrected chi connectivity index (χ2v) is 7.09. The zero-order valence-electron chi connectivity index (χ0n) is 14.0. The standard InChI is InChI=1S/C20H22ClNO2/c1-20(16-8-10-17(21)11-9-16)14-22(13-18(20)19(23)24-2)12-15-6-4-3-5-7-15/h3-11,18H,12-14H2,1-2H3/t18?,20-/m0/s1. The number of hydrogen-bond donors (Lipinski definition) is 0. The van der Waals surface area contributed by atoms with Crippen molar-refractivity contribution in [2.24, 2.45) is 5.92 Å². The summed E-state index contributed by atoms with van der Waals surface area (Å²) in [6.07, 6.45) is 0. The zero-order chi connectivity index (χ0) is 17.2. The number of esters is 1. The minimum Gasteiger partial charge on any atom is -0.469 e. The number of carbonyl (C=O) groups is 1. The summed E-state index contributed by atoms with van der Waals surface area (Å²) in [7, 11) is 1.46. The Balaban J connectivity index is 1.88. The molecule has 2 aromatic rings. The molecular weight excluding hydrogens is 322 g/mol. The van der Waals surface area contributed by atoms with Crippen molar-refractivity contribution < 1.29 is 9.53 Å². The molecule has 1 aliphatic heterocycles. The number of benzene rings is 2. The fourth-order valence-electron chi connectivity index (χ4n) is 3.66. The number of nitrogens with zero attached hydrogens (tertiary/aromatic N) is 1. The highest BCUT2D eigenvalue weighted by molar-refractivity contribution is 6.30. The molecular formula is C20H22ClNO2. The van der Waals surface area contributed by atoms with Gasteiger partial charge in [-0.3, -0.25) is 9.69 Å². The van der Waals surface area contributed by atoms with Crippen molar-refractivity contribution >= 4 is 17.6 Å². The second kappa shape index (κ2) is 6.96. The monoisotopic (exact) mass is 343 g/mol. The van der Waals surface area contributed by atoms with Gasteiger partial charge < -0.3 is 4.74 Å². The Morgan fingerprint density at radius 2 is 1.88 bits per heavy atom. The molecule has 1 saturated heterocycles. The molecule has 4 heteroatoms. The predicted octanol–water partition coefficient (Wildman–Crippen LogP) is 3.90. The molecule has 1 fully saturated rings. The van der Waals surface area contributed by atoms with Gasteiger partial charge >= 0.3 is 5.97 Å². The molecule has 0 spiro atoms. The molecule has 1 heterocycles. The summed E-state index contributed by atoms with van der Waals surface area (Å²) in [6.45, 7) is 4.48. The first-order valence-electron chi connectivity index (χ1n) is 8.13. The number of methoxy groups -OCH3 is 1. The number of halogens is 1. The first-order valence-corrected chi connectivity index (χ1v) is 8.51. The molecule has 0 radical (unpaired) electrons. The fraction of sp³-hybridized carbons (Fsp3) is 0.350. The minimum absolute atomic E-state index is 0.150. The summed E-state index contributed by atoms with van der Waals surface area (Å²) in [4.78, 5) is 14.7. The van der Waals surface area contributed by atoms with Crippen molar-refractivity contribution in [2.45, 2.75) is 18.9 Å². The zero-order valence-corrected chi connectivity index (χ0v) is 14.8. The molecule has 0 aliphatic carbocycles. The summed E-state index contributed by atoms with van der Waals surface area (Å²) in [5.74, 6) is -0.338. The molecule has 0 amide bonds. The summed E-state index contributed by atoms with van der Waals surface area (Å²) in [6, 6.07) is 18.1. The van der Waals surface area contributed by atoms with Crippen LogP contribution in [0.5, 0.6) is 0 Å². The van der Waals surface area contributed by atoms with Gasteiger partial charge in [-0.15, -0.1) is 0 Å². The third kappa shape index (κ3) is 3.33. The molecule has 0 aromatic heterocycles. The van der Waals surface area contributed by atoms with Crippen LogP contribution < -0.4 is 0 Å². The Hall–Kier alpha value is -1.84. The van der Waals surface area contributed by atoms with Crippen molar-refractivity contribution in [3.8, 4) is 0 Å². The molecule has 24 heavy (non-hydrogen) atoms. The molecule has 0 bridgehead atoms. The lowest BCUT2D eigenvalue weighted by Crippen LogP contribution is -2.37. The van der Waals surface area contributed by atoms with E-state index >= 15 is 0 Å². The van der Waals surface area contributed by atoms with Crippen LogP contribution >= 0.6 is 11.6 Å². The Morgan fingerprint density at radius 3 is 2.50 bits per heavy atom. The predicted molar refractivity (Wildman–Crippen MR) is 96.0 cm³/mol. The van der Waals surface area contributed by atoms with E-state index in [0.717, 1.165) is 18.7 Å². The van der Waals surface area contributed by atoms with E-state index in [1.807, 2.05) is 42.5 Å². The van der Waals surface area contributed by atoms with Gasteiger partial charge in [0.15, 0.2) is 0 Å². The maximum atomic E-state index is 12.4. The van der Waals surface area contributed by atoms with E-state index in [0.29, 0.717) is 11.6 Å². The smallest absolute Gasteiger partial charge is 0.310 e. The van der Waals surface area contributed by atoms with Crippen LogP contribution in [-0.2, 0) is 21.5 Å². The fourth-order valence-corrected chi connectivity index (χ4v) is 3.79. The van der Waals surface area contributed by atoms with Gasteiger partial charge in [0.25, 0.3) is 0 Å². The maximum absolute atomic E-state index is 12.4. The summed E-state index contributed by atoms with van der Waals surface area (Å²) in [5.41, 5.74) is 2.09. The van der Waals surface area contributed by atoms with Crippen LogP contribution in [0.2, 0.25) is 5.02 Å². The number of rotatable bonds is 4. The Bertz CT molecular complexity index is 701. The lowest BCUT2D eigenvalue weighted by atomic mass is 9.74. The SMILES string of the molecule is COC(=O)C1CN(Cc2ccccc2)C[C@@]1(C)c1ccc(Cl)cc1. The van der Waals surface area contributed by atoms with Gasteiger partial charge in [-0.1, -0.05) is 61.0 Å². The van der Waals surface area contributed by atoms with Gasteiger partial charge in [0, 0.05) is 30.1 Å². The van der Waals surface area contributed by atoms with E-state index in [4.69, 9.17) is 16.3 Å².